The van der Waals surface area contributed by atoms with Gasteiger partial charge in [0.2, 0.25) is 0 Å². The number of carbonyl (C=O) groups excluding carboxylic acids is 2. The van der Waals surface area contributed by atoms with Gasteiger partial charge in [-0.1, -0.05) is 42.0 Å². The van der Waals surface area contributed by atoms with E-state index in [-0.39, 0.29) is 5.78 Å². The molecule has 0 saturated heterocycles. The third-order valence-corrected chi connectivity index (χ3v) is 4.52. The molecular weight excluding hydrogens is 288 g/mol. The highest BCUT2D eigenvalue weighted by atomic mass is 16.6. The minimum Gasteiger partial charge on any atom is -0.447 e. The van der Waals surface area contributed by atoms with E-state index in [0.29, 0.717) is 18.4 Å². The Bertz CT molecular complexity index is 803. The van der Waals surface area contributed by atoms with Crippen LogP contribution in [0.15, 0.2) is 54.1 Å². The Morgan fingerprint density at radius 3 is 2.52 bits per heavy atom. The molecule has 1 unspecified atom stereocenters. The zero-order valence-electron chi connectivity index (χ0n) is 13.5. The number of ketones is 1. The standard InChI is InChI=1S/C20H20O3/c1-14-6-5-11-20(13-14,15(2)21)23-19(22)18-10-9-16-7-3-4-8-17(16)12-18/h3-4,6-10,12H,5,11,13H2,1-2H3. The van der Waals surface area contributed by atoms with Crippen LogP contribution in [0.1, 0.15) is 43.5 Å². The van der Waals surface area contributed by atoms with Gasteiger partial charge in [-0.2, -0.15) is 0 Å². The number of rotatable bonds is 3. The molecule has 0 saturated carbocycles. The van der Waals surface area contributed by atoms with Crippen LogP contribution < -0.4 is 0 Å². The molecule has 3 rings (SSSR count). The first kappa shape index (κ1) is 15.5. The fourth-order valence-corrected chi connectivity index (χ4v) is 3.17. The summed E-state index contributed by atoms with van der Waals surface area (Å²) in [5.74, 6) is -0.514. The maximum absolute atomic E-state index is 12.6. The summed E-state index contributed by atoms with van der Waals surface area (Å²) < 4.78 is 5.72. The van der Waals surface area contributed by atoms with E-state index in [9.17, 15) is 9.59 Å². The van der Waals surface area contributed by atoms with Crippen LogP contribution in [0.4, 0.5) is 0 Å². The molecule has 0 aliphatic heterocycles. The lowest BCUT2D eigenvalue weighted by molar-refractivity contribution is -0.137. The molecule has 0 aromatic heterocycles. The van der Waals surface area contributed by atoms with Crippen molar-refractivity contribution in [2.24, 2.45) is 0 Å². The van der Waals surface area contributed by atoms with Gasteiger partial charge in [-0.3, -0.25) is 4.79 Å². The quantitative estimate of drug-likeness (QED) is 0.621. The molecule has 0 radical (unpaired) electrons. The summed E-state index contributed by atoms with van der Waals surface area (Å²) in [4.78, 5) is 24.7. The fourth-order valence-electron chi connectivity index (χ4n) is 3.17. The number of carbonyl (C=O) groups is 2. The summed E-state index contributed by atoms with van der Waals surface area (Å²) in [6.07, 6.45) is 3.90. The monoisotopic (exact) mass is 308 g/mol. The van der Waals surface area contributed by atoms with E-state index >= 15 is 0 Å². The SMILES string of the molecule is CC(=O)C1(OC(=O)c2ccc3ccccc3c2)CCC=C(C)C1. The molecule has 1 atom stereocenters. The highest BCUT2D eigenvalue weighted by Gasteiger charge is 2.41. The van der Waals surface area contributed by atoms with E-state index in [4.69, 9.17) is 4.74 Å². The lowest BCUT2D eigenvalue weighted by Gasteiger charge is -2.34. The molecule has 0 heterocycles. The first-order chi connectivity index (χ1) is 11.0. The summed E-state index contributed by atoms with van der Waals surface area (Å²) in [7, 11) is 0. The minimum atomic E-state index is -1.01. The highest BCUT2D eigenvalue weighted by Crippen LogP contribution is 2.33. The third-order valence-electron chi connectivity index (χ3n) is 4.52. The van der Waals surface area contributed by atoms with Crippen molar-refractivity contribution in [3.05, 3.63) is 59.7 Å². The van der Waals surface area contributed by atoms with Gasteiger partial charge in [0.05, 0.1) is 5.56 Å². The van der Waals surface area contributed by atoms with Crippen LogP contribution in [-0.4, -0.2) is 17.4 Å². The lowest BCUT2D eigenvalue weighted by Crippen LogP contribution is -2.43. The van der Waals surface area contributed by atoms with Crippen molar-refractivity contribution in [1.82, 2.24) is 0 Å². The molecule has 118 valence electrons. The van der Waals surface area contributed by atoms with Crippen molar-refractivity contribution in [3.8, 4) is 0 Å². The van der Waals surface area contributed by atoms with Gasteiger partial charge in [0, 0.05) is 6.42 Å². The van der Waals surface area contributed by atoms with Gasteiger partial charge in [0.1, 0.15) is 0 Å². The zero-order chi connectivity index (χ0) is 16.4. The Labute approximate surface area is 136 Å². The number of hydrogen-bond donors (Lipinski definition) is 0. The van der Waals surface area contributed by atoms with Crippen LogP contribution in [0.3, 0.4) is 0 Å². The summed E-state index contributed by atoms with van der Waals surface area (Å²) in [6, 6.07) is 13.3. The number of Topliss-reactive ketones (excluding diaryl/α,β-unsaturated/α-hetero) is 1. The predicted molar refractivity (Wildman–Crippen MR) is 90.4 cm³/mol. The maximum atomic E-state index is 12.6. The first-order valence-electron chi connectivity index (χ1n) is 7.89. The predicted octanol–water partition coefficient (Wildman–Crippen LogP) is 4.45. The molecule has 0 N–H and O–H groups in total. The first-order valence-corrected chi connectivity index (χ1v) is 7.89. The Kier molecular flexibility index (Phi) is 4.03. The normalized spacial score (nSPS) is 20.9. The van der Waals surface area contributed by atoms with E-state index in [1.165, 1.54) is 6.92 Å². The Morgan fingerprint density at radius 2 is 1.83 bits per heavy atom. The van der Waals surface area contributed by atoms with Crippen molar-refractivity contribution >= 4 is 22.5 Å². The topological polar surface area (TPSA) is 43.4 Å². The molecule has 2 aromatic carbocycles. The molecule has 3 heteroatoms. The highest BCUT2D eigenvalue weighted by molar-refractivity contribution is 5.97. The van der Waals surface area contributed by atoms with Gasteiger partial charge in [0.15, 0.2) is 11.4 Å². The molecule has 0 fully saturated rings. The molecule has 0 bridgehead atoms. The number of fused-ring (bicyclic) bond motifs is 1. The number of hydrogen-bond acceptors (Lipinski definition) is 3. The number of esters is 1. The zero-order valence-corrected chi connectivity index (χ0v) is 13.5. The molecule has 3 nitrogen and oxygen atoms in total. The summed E-state index contributed by atoms with van der Waals surface area (Å²) in [6.45, 7) is 3.48. The fraction of sp³-hybridized carbons (Fsp3) is 0.300. The molecule has 0 amide bonds. The smallest absolute Gasteiger partial charge is 0.339 e. The van der Waals surface area contributed by atoms with Crippen LogP contribution in [-0.2, 0) is 9.53 Å². The number of allylic oxidation sites excluding steroid dienone is 1. The lowest BCUT2D eigenvalue weighted by atomic mass is 9.82. The van der Waals surface area contributed by atoms with Gasteiger partial charge in [-0.05, 0) is 49.6 Å². The van der Waals surface area contributed by atoms with Crippen molar-refractivity contribution in [1.29, 1.82) is 0 Å². The summed E-state index contributed by atoms with van der Waals surface area (Å²) in [5, 5.41) is 2.06. The van der Waals surface area contributed by atoms with E-state index < -0.39 is 11.6 Å². The number of benzene rings is 2. The molecule has 23 heavy (non-hydrogen) atoms. The average molecular weight is 308 g/mol. The second-order valence-electron chi connectivity index (χ2n) is 6.27. The molecule has 1 aliphatic rings. The van der Waals surface area contributed by atoms with Crippen molar-refractivity contribution in [2.75, 3.05) is 0 Å². The summed E-state index contributed by atoms with van der Waals surface area (Å²) >= 11 is 0. The van der Waals surface area contributed by atoms with E-state index in [2.05, 4.69) is 6.08 Å². The van der Waals surface area contributed by atoms with Crippen LogP contribution in [0.2, 0.25) is 0 Å². The third kappa shape index (κ3) is 3.04. The number of ether oxygens (including phenoxy) is 1. The van der Waals surface area contributed by atoms with Gasteiger partial charge in [-0.15, -0.1) is 0 Å². The summed E-state index contributed by atoms with van der Waals surface area (Å²) in [5.41, 5.74) is 0.566. The largest absolute Gasteiger partial charge is 0.447 e. The van der Waals surface area contributed by atoms with Crippen LogP contribution >= 0.6 is 0 Å². The Morgan fingerprint density at radius 1 is 1.09 bits per heavy atom. The molecular formula is C20H20O3. The van der Waals surface area contributed by atoms with Gasteiger partial charge in [0.25, 0.3) is 0 Å². The second-order valence-corrected chi connectivity index (χ2v) is 6.27. The van der Waals surface area contributed by atoms with Gasteiger partial charge < -0.3 is 4.74 Å². The minimum absolute atomic E-state index is 0.0842. The van der Waals surface area contributed by atoms with Crippen molar-refractivity contribution < 1.29 is 14.3 Å². The van der Waals surface area contributed by atoms with Crippen molar-refractivity contribution in [3.63, 3.8) is 0 Å². The second kappa shape index (κ2) is 5.99. The van der Waals surface area contributed by atoms with E-state index in [0.717, 1.165) is 22.8 Å². The Balaban J connectivity index is 1.89. The van der Waals surface area contributed by atoms with Crippen LogP contribution in [0.5, 0.6) is 0 Å². The van der Waals surface area contributed by atoms with E-state index in [1.54, 1.807) is 6.07 Å². The maximum Gasteiger partial charge on any atom is 0.339 e. The molecule has 1 aliphatic carbocycles. The van der Waals surface area contributed by atoms with E-state index in [1.807, 2.05) is 43.3 Å². The van der Waals surface area contributed by atoms with Gasteiger partial charge >= 0.3 is 5.97 Å². The molecule has 0 spiro atoms. The van der Waals surface area contributed by atoms with Crippen LogP contribution in [0, 0.1) is 0 Å². The van der Waals surface area contributed by atoms with Gasteiger partial charge in [-0.25, -0.2) is 4.79 Å². The van der Waals surface area contributed by atoms with Crippen molar-refractivity contribution in [2.45, 2.75) is 38.7 Å². The van der Waals surface area contributed by atoms with Crippen LogP contribution in [0.25, 0.3) is 10.8 Å². The average Bonchev–Trinajstić information content (AvgIpc) is 2.54. The molecule has 2 aromatic rings. The Hall–Kier alpha value is -2.42.